The molecule has 0 unspecified atom stereocenters. The van der Waals surface area contributed by atoms with Gasteiger partial charge in [-0.25, -0.2) is 4.68 Å². The molecule has 7 heteroatoms. The minimum Gasteiger partial charge on any atom is -0.345 e. The average molecular weight is 413 g/mol. The molecule has 0 bridgehead atoms. The zero-order valence-corrected chi connectivity index (χ0v) is 17.9. The number of anilines is 1. The van der Waals surface area contributed by atoms with Crippen molar-refractivity contribution in [3.63, 3.8) is 0 Å². The highest BCUT2D eigenvalue weighted by molar-refractivity contribution is 6.10. The van der Waals surface area contributed by atoms with E-state index in [4.69, 9.17) is 0 Å². The van der Waals surface area contributed by atoms with E-state index in [2.05, 4.69) is 10.4 Å². The normalized spacial score (nSPS) is 11.0. The summed E-state index contributed by atoms with van der Waals surface area (Å²) in [5, 5.41) is 16.8. The maximum atomic E-state index is 12.7. The highest BCUT2D eigenvalue weighted by atomic mass is 16.2. The van der Waals surface area contributed by atoms with Gasteiger partial charge < -0.3 is 10.2 Å². The molecule has 0 radical (unpaired) electrons. The van der Waals surface area contributed by atoms with Crippen LogP contribution in [0.15, 0.2) is 60.2 Å². The van der Waals surface area contributed by atoms with Gasteiger partial charge in [0, 0.05) is 36.6 Å². The molecule has 0 aliphatic heterocycles. The van der Waals surface area contributed by atoms with Crippen LogP contribution in [0.4, 0.5) is 5.69 Å². The Balaban J connectivity index is 1.84. The second-order valence-electron chi connectivity index (χ2n) is 7.23. The zero-order chi connectivity index (χ0) is 22.5. The Bertz CT molecular complexity index is 1180. The Kier molecular flexibility index (Phi) is 6.32. The molecule has 0 aliphatic rings. The van der Waals surface area contributed by atoms with Gasteiger partial charge in [-0.3, -0.25) is 9.59 Å². The summed E-state index contributed by atoms with van der Waals surface area (Å²) in [6.07, 6.45) is 1.55. The maximum Gasteiger partial charge on any atom is 0.266 e. The Morgan fingerprint density at radius 1 is 1.06 bits per heavy atom. The topological polar surface area (TPSA) is 91.0 Å². The molecule has 156 valence electrons. The van der Waals surface area contributed by atoms with E-state index < -0.39 is 5.91 Å². The number of hydrogen-bond acceptors (Lipinski definition) is 4. The Morgan fingerprint density at radius 2 is 1.71 bits per heavy atom. The monoisotopic (exact) mass is 413 g/mol. The molecule has 0 atom stereocenters. The van der Waals surface area contributed by atoms with Crippen molar-refractivity contribution in [2.24, 2.45) is 0 Å². The first-order valence-electron chi connectivity index (χ1n) is 9.68. The van der Waals surface area contributed by atoms with Crippen LogP contribution in [0.2, 0.25) is 0 Å². The van der Waals surface area contributed by atoms with E-state index in [1.54, 1.807) is 49.1 Å². The summed E-state index contributed by atoms with van der Waals surface area (Å²) in [5.41, 5.74) is 4.14. The van der Waals surface area contributed by atoms with Gasteiger partial charge in [-0.1, -0.05) is 18.2 Å². The van der Waals surface area contributed by atoms with Gasteiger partial charge >= 0.3 is 0 Å². The maximum absolute atomic E-state index is 12.7. The predicted molar refractivity (Wildman–Crippen MR) is 120 cm³/mol. The van der Waals surface area contributed by atoms with Crippen molar-refractivity contribution < 1.29 is 9.59 Å². The van der Waals surface area contributed by atoms with Crippen LogP contribution < -0.4 is 5.32 Å². The van der Waals surface area contributed by atoms with Crippen molar-refractivity contribution in [2.75, 3.05) is 19.4 Å². The van der Waals surface area contributed by atoms with Crippen molar-refractivity contribution in [2.45, 2.75) is 13.8 Å². The lowest BCUT2D eigenvalue weighted by Crippen LogP contribution is -2.21. The summed E-state index contributed by atoms with van der Waals surface area (Å²) in [7, 11) is 3.35. The third kappa shape index (κ3) is 4.70. The fourth-order valence-corrected chi connectivity index (χ4v) is 3.13. The number of nitrogens with one attached hydrogen (secondary N) is 1. The third-order valence-corrected chi connectivity index (χ3v) is 4.80. The molecular weight excluding hydrogens is 390 g/mol. The minimum atomic E-state index is -0.527. The lowest BCUT2D eigenvalue weighted by molar-refractivity contribution is -0.112. The Morgan fingerprint density at radius 3 is 2.29 bits per heavy atom. The lowest BCUT2D eigenvalue weighted by atomic mass is 10.1. The SMILES string of the molecule is Cc1nn(-c2ccccc2)c(C)c1/C=C(\C#N)C(=O)Nc1ccc(C(=O)N(C)C)cc1. The fourth-order valence-electron chi connectivity index (χ4n) is 3.13. The molecule has 7 nitrogen and oxygen atoms in total. The van der Waals surface area contributed by atoms with Crippen LogP contribution in [-0.4, -0.2) is 40.6 Å². The standard InChI is InChI=1S/C24H23N5O2/c1-16-22(17(2)29(27-16)21-8-6-5-7-9-21)14-19(15-25)23(30)26-20-12-10-18(11-13-20)24(31)28(3)4/h5-14H,1-4H3,(H,26,30)/b19-14+. The number of nitriles is 1. The Hall–Kier alpha value is -4.18. The van der Waals surface area contributed by atoms with Gasteiger partial charge in [0.15, 0.2) is 0 Å². The number of rotatable bonds is 5. The lowest BCUT2D eigenvalue weighted by Gasteiger charge is -2.11. The number of carbonyl (C=O) groups is 2. The highest BCUT2D eigenvalue weighted by Crippen LogP contribution is 2.21. The van der Waals surface area contributed by atoms with Crippen LogP contribution in [-0.2, 0) is 4.79 Å². The number of aryl methyl sites for hydroxylation is 1. The van der Waals surface area contributed by atoms with E-state index in [9.17, 15) is 14.9 Å². The summed E-state index contributed by atoms with van der Waals surface area (Å²) < 4.78 is 1.79. The van der Waals surface area contributed by atoms with Crippen molar-refractivity contribution in [1.82, 2.24) is 14.7 Å². The summed E-state index contributed by atoms with van der Waals surface area (Å²) >= 11 is 0. The molecule has 0 saturated carbocycles. The molecule has 31 heavy (non-hydrogen) atoms. The largest absolute Gasteiger partial charge is 0.345 e. The van der Waals surface area contributed by atoms with Gasteiger partial charge in [0.2, 0.25) is 0 Å². The number of benzene rings is 2. The van der Waals surface area contributed by atoms with Crippen molar-refractivity contribution >= 4 is 23.6 Å². The molecular formula is C24H23N5O2. The van der Waals surface area contributed by atoms with Gasteiger partial charge in [0.25, 0.3) is 11.8 Å². The first kappa shape index (κ1) is 21.5. The third-order valence-electron chi connectivity index (χ3n) is 4.80. The van der Waals surface area contributed by atoms with E-state index in [0.29, 0.717) is 16.9 Å². The van der Waals surface area contributed by atoms with E-state index in [-0.39, 0.29) is 11.5 Å². The van der Waals surface area contributed by atoms with E-state index in [1.165, 1.54) is 4.90 Å². The molecule has 0 spiro atoms. The number of amides is 2. The number of carbonyl (C=O) groups excluding carboxylic acids is 2. The number of aromatic nitrogens is 2. The molecule has 1 N–H and O–H groups in total. The first-order valence-corrected chi connectivity index (χ1v) is 9.68. The number of hydrogen-bond donors (Lipinski definition) is 1. The fraction of sp³-hybridized carbons (Fsp3) is 0.167. The molecule has 3 aromatic rings. The molecule has 2 amide bonds. The molecule has 0 aliphatic carbocycles. The second kappa shape index (κ2) is 9.09. The summed E-state index contributed by atoms with van der Waals surface area (Å²) in [5.74, 6) is -0.655. The van der Waals surface area contributed by atoms with Gasteiger partial charge in [-0.15, -0.1) is 0 Å². The number of para-hydroxylation sites is 1. The van der Waals surface area contributed by atoms with Crippen LogP contribution in [0.3, 0.4) is 0 Å². The average Bonchev–Trinajstić information content (AvgIpc) is 3.05. The van der Waals surface area contributed by atoms with Crippen LogP contribution in [0.1, 0.15) is 27.3 Å². The summed E-state index contributed by atoms with van der Waals surface area (Å²) in [6.45, 7) is 3.73. The van der Waals surface area contributed by atoms with Gasteiger partial charge in [0.05, 0.1) is 11.4 Å². The van der Waals surface area contributed by atoms with Crippen molar-refractivity contribution in [3.8, 4) is 11.8 Å². The summed E-state index contributed by atoms with van der Waals surface area (Å²) in [6, 6.07) is 18.2. The minimum absolute atomic E-state index is 0.0349. The highest BCUT2D eigenvalue weighted by Gasteiger charge is 2.16. The predicted octanol–water partition coefficient (Wildman–Crippen LogP) is 3.74. The van der Waals surface area contributed by atoms with Crippen LogP contribution in [0, 0.1) is 25.2 Å². The van der Waals surface area contributed by atoms with Crippen molar-refractivity contribution in [1.29, 1.82) is 5.26 Å². The van der Waals surface area contributed by atoms with Crippen LogP contribution in [0.25, 0.3) is 11.8 Å². The molecule has 0 fully saturated rings. The number of nitrogens with zero attached hydrogens (tertiary/aromatic N) is 4. The quantitative estimate of drug-likeness (QED) is 0.510. The van der Waals surface area contributed by atoms with E-state index >= 15 is 0 Å². The smallest absolute Gasteiger partial charge is 0.266 e. The second-order valence-corrected chi connectivity index (χ2v) is 7.23. The molecule has 2 aromatic carbocycles. The molecule has 1 aromatic heterocycles. The molecule has 0 saturated heterocycles. The van der Waals surface area contributed by atoms with Crippen molar-refractivity contribution in [3.05, 3.63) is 82.7 Å². The van der Waals surface area contributed by atoms with Crippen LogP contribution in [0.5, 0.6) is 0 Å². The van der Waals surface area contributed by atoms with E-state index in [0.717, 1.165) is 16.9 Å². The molecule has 1 heterocycles. The Labute approximate surface area is 181 Å². The van der Waals surface area contributed by atoms with Gasteiger partial charge in [0.1, 0.15) is 11.6 Å². The first-order chi connectivity index (χ1) is 14.8. The molecule has 3 rings (SSSR count). The van der Waals surface area contributed by atoms with E-state index in [1.807, 2.05) is 50.2 Å². The van der Waals surface area contributed by atoms with Gasteiger partial charge in [-0.05, 0) is 56.3 Å². The van der Waals surface area contributed by atoms with Crippen LogP contribution >= 0.6 is 0 Å². The zero-order valence-electron chi connectivity index (χ0n) is 17.9. The summed E-state index contributed by atoms with van der Waals surface area (Å²) in [4.78, 5) is 26.1. The van der Waals surface area contributed by atoms with Gasteiger partial charge in [-0.2, -0.15) is 10.4 Å².